The second kappa shape index (κ2) is 3.77. The predicted molar refractivity (Wildman–Crippen MR) is 67.1 cm³/mol. The lowest BCUT2D eigenvalue weighted by Crippen LogP contribution is -2.13. The second-order valence-corrected chi connectivity index (χ2v) is 4.27. The molecule has 0 aliphatic carbocycles. The first kappa shape index (κ1) is 10.1. The van der Waals surface area contributed by atoms with E-state index in [0.717, 1.165) is 28.9 Å². The summed E-state index contributed by atoms with van der Waals surface area (Å²) in [5.41, 5.74) is 4.24. The van der Waals surface area contributed by atoms with E-state index in [9.17, 15) is 4.79 Å². The summed E-state index contributed by atoms with van der Waals surface area (Å²) in [6.45, 7) is 2.09. The summed E-state index contributed by atoms with van der Waals surface area (Å²) in [6, 6.07) is 9.89. The standard InChI is InChI=1S/C14H14N2O/c1-2-11-10(7-8-15-11)13-9-5-3-4-6-12(9)16-14(13)17/h3-8,13,15H,2H2,1H3,(H,16,17). The second-order valence-electron chi connectivity index (χ2n) is 4.27. The number of aromatic nitrogens is 1. The highest BCUT2D eigenvalue weighted by Gasteiger charge is 2.32. The number of benzene rings is 1. The first-order chi connectivity index (χ1) is 8.31. The van der Waals surface area contributed by atoms with Gasteiger partial charge in [-0.15, -0.1) is 0 Å². The van der Waals surface area contributed by atoms with Crippen LogP contribution in [0.4, 0.5) is 5.69 Å². The van der Waals surface area contributed by atoms with Gasteiger partial charge in [-0.25, -0.2) is 0 Å². The fraction of sp³-hybridized carbons (Fsp3) is 0.214. The Morgan fingerprint density at radius 3 is 2.82 bits per heavy atom. The molecule has 0 radical (unpaired) electrons. The number of H-pyrrole nitrogens is 1. The monoisotopic (exact) mass is 226 g/mol. The molecule has 0 bridgehead atoms. The number of aromatic amines is 1. The minimum Gasteiger partial charge on any atom is -0.365 e. The Bertz CT molecular complexity index is 571. The molecule has 1 aliphatic rings. The van der Waals surface area contributed by atoms with Crippen LogP contribution in [0.3, 0.4) is 0 Å². The van der Waals surface area contributed by atoms with Crippen molar-refractivity contribution in [2.45, 2.75) is 19.3 Å². The molecule has 3 heteroatoms. The zero-order chi connectivity index (χ0) is 11.8. The van der Waals surface area contributed by atoms with Crippen molar-refractivity contribution in [3.8, 4) is 0 Å². The molecule has 1 aliphatic heterocycles. The summed E-state index contributed by atoms with van der Waals surface area (Å²) < 4.78 is 0. The molecular weight excluding hydrogens is 212 g/mol. The van der Waals surface area contributed by atoms with Crippen molar-refractivity contribution in [1.29, 1.82) is 0 Å². The van der Waals surface area contributed by atoms with Gasteiger partial charge in [-0.1, -0.05) is 25.1 Å². The van der Waals surface area contributed by atoms with Crippen molar-refractivity contribution >= 4 is 11.6 Å². The molecule has 86 valence electrons. The number of fused-ring (bicyclic) bond motifs is 1. The van der Waals surface area contributed by atoms with Gasteiger partial charge in [-0.2, -0.15) is 0 Å². The first-order valence-electron chi connectivity index (χ1n) is 5.87. The average molecular weight is 226 g/mol. The number of hydrogen-bond acceptors (Lipinski definition) is 1. The Labute approximate surface area is 99.9 Å². The summed E-state index contributed by atoms with van der Waals surface area (Å²) in [5, 5.41) is 2.93. The van der Waals surface area contributed by atoms with Gasteiger partial charge in [0.15, 0.2) is 0 Å². The van der Waals surface area contributed by atoms with Gasteiger partial charge in [0.2, 0.25) is 5.91 Å². The van der Waals surface area contributed by atoms with Gasteiger partial charge in [0, 0.05) is 17.6 Å². The minimum absolute atomic E-state index is 0.0699. The van der Waals surface area contributed by atoms with Crippen molar-refractivity contribution < 1.29 is 4.79 Å². The van der Waals surface area contributed by atoms with Gasteiger partial charge in [0.25, 0.3) is 0 Å². The van der Waals surface area contributed by atoms with E-state index in [1.165, 1.54) is 0 Å². The summed E-state index contributed by atoms with van der Waals surface area (Å²) in [6.07, 6.45) is 2.82. The fourth-order valence-corrected chi connectivity index (χ4v) is 2.51. The molecule has 0 spiro atoms. The predicted octanol–water partition coefficient (Wildman–Crippen LogP) is 2.66. The molecule has 0 saturated heterocycles. The third-order valence-electron chi connectivity index (χ3n) is 3.33. The molecule has 0 saturated carbocycles. The molecule has 2 heterocycles. The van der Waals surface area contributed by atoms with E-state index in [2.05, 4.69) is 17.2 Å². The third-order valence-corrected chi connectivity index (χ3v) is 3.33. The summed E-state index contributed by atoms with van der Waals surface area (Å²) >= 11 is 0. The Balaban J connectivity index is 2.13. The molecule has 1 unspecified atom stereocenters. The zero-order valence-electron chi connectivity index (χ0n) is 9.66. The summed E-state index contributed by atoms with van der Waals surface area (Å²) in [5.74, 6) is -0.0899. The molecule has 0 fully saturated rings. The normalized spacial score (nSPS) is 17.9. The van der Waals surface area contributed by atoms with Gasteiger partial charge < -0.3 is 10.3 Å². The lowest BCUT2D eigenvalue weighted by atomic mass is 9.92. The molecule has 2 aromatic rings. The van der Waals surface area contributed by atoms with E-state index in [0.29, 0.717) is 0 Å². The number of carbonyl (C=O) groups excluding carboxylic acids is 1. The Hall–Kier alpha value is -2.03. The smallest absolute Gasteiger partial charge is 0.236 e. The Morgan fingerprint density at radius 1 is 1.18 bits per heavy atom. The van der Waals surface area contributed by atoms with E-state index in [1.54, 1.807) is 0 Å². The summed E-state index contributed by atoms with van der Waals surface area (Å²) in [7, 11) is 0. The molecular formula is C14H14N2O. The Kier molecular flexibility index (Phi) is 2.25. The fourth-order valence-electron chi connectivity index (χ4n) is 2.51. The number of para-hydroxylation sites is 1. The molecule has 1 amide bonds. The van der Waals surface area contributed by atoms with Gasteiger partial charge in [0.05, 0.1) is 5.92 Å². The van der Waals surface area contributed by atoms with Crippen LogP contribution in [0.5, 0.6) is 0 Å². The molecule has 2 N–H and O–H groups in total. The number of rotatable bonds is 2. The average Bonchev–Trinajstić information content (AvgIpc) is 2.90. The first-order valence-corrected chi connectivity index (χ1v) is 5.87. The lowest BCUT2D eigenvalue weighted by molar-refractivity contribution is -0.116. The Morgan fingerprint density at radius 2 is 2.00 bits per heavy atom. The molecule has 1 aromatic carbocycles. The molecule has 3 nitrogen and oxygen atoms in total. The van der Waals surface area contributed by atoms with Crippen molar-refractivity contribution in [3.05, 3.63) is 53.3 Å². The van der Waals surface area contributed by atoms with Crippen LogP contribution in [0.25, 0.3) is 0 Å². The highest BCUT2D eigenvalue weighted by molar-refractivity contribution is 6.05. The van der Waals surface area contributed by atoms with Crippen LogP contribution >= 0.6 is 0 Å². The van der Waals surface area contributed by atoms with Gasteiger partial charge in [-0.3, -0.25) is 4.79 Å². The van der Waals surface area contributed by atoms with Crippen LogP contribution in [0.1, 0.15) is 29.7 Å². The van der Waals surface area contributed by atoms with Gasteiger partial charge in [-0.05, 0) is 29.7 Å². The van der Waals surface area contributed by atoms with Crippen LogP contribution < -0.4 is 5.32 Å². The van der Waals surface area contributed by atoms with Crippen LogP contribution in [0, 0.1) is 0 Å². The molecule has 1 atom stereocenters. The highest BCUT2D eigenvalue weighted by Crippen LogP contribution is 2.37. The van der Waals surface area contributed by atoms with Crippen molar-refractivity contribution in [2.75, 3.05) is 5.32 Å². The zero-order valence-corrected chi connectivity index (χ0v) is 9.66. The topological polar surface area (TPSA) is 44.9 Å². The van der Waals surface area contributed by atoms with Crippen LogP contribution in [-0.4, -0.2) is 10.9 Å². The minimum atomic E-state index is -0.160. The number of aryl methyl sites for hydroxylation is 1. The van der Waals surface area contributed by atoms with Crippen LogP contribution in [0.15, 0.2) is 36.5 Å². The van der Waals surface area contributed by atoms with E-state index in [4.69, 9.17) is 0 Å². The maximum Gasteiger partial charge on any atom is 0.236 e. The van der Waals surface area contributed by atoms with Crippen molar-refractivity contribution in [3.63, 3.8) is 0 Å². The number of hydrogen-bond donors (Lipinski definition) is 2. The molecule has 3 rings (SSSR count). The van der Waals surface area contributed by atoms with Crippen LogP contribution in [0.2, 0.25) is 0 Å². The van der Waals surface area contributed by atoms with E-state index < -0.39 is 0 Å². The SMILES string of the molecule is CCc1[nH]ccc1C1C(=O)Nc2ccccc21. The summed E-state index contributed by atoms with van der Waals surface area (Å²) in [4.78, 5) is 15.3. The quantitative estimate of drug-likeness (QED) is 0.812. The van der Waals surface area contributed by atoms with E-state index in [-0.39, 0.29) is 11.8 Å². The lowest BCUT2D eigenvalue weighted by Gasteiger charge is -2.09. The maximum absolute atomic E-state index is 12.1. The number of anilines is 1. The molecule has 17 heavy (non-hydrogen) atoms. The highest BCUT2D eigenvalue weighted by atomic mass is 16.2. The van der Waals surface area contributed by atoms with Crippen molar-refractivity contribution in [2.24, 2.45) is 0 Å². The maximum atomic E-state index is 12.1. The van der Waals surface area contributed by atoms with Gasteiger partial charge in [0.1, 0.15) is 0 Å². The van der Waals surface area contributed by atoms with Crippen LogP contribution in [-0.2, 0) is 11.2 Å². The molecule has 1 aromatic heterocycles. The van der Waals surface area contributed by atoms with Crippen molar-refractivity contribution in [1.82, 2.24) is 4.98 Å². The van der Waals surface area contributed by atoms with E-state index in [1.807, 2.05) is 36.5 Å². The number of carbonyl (C=O) groups is 1. The number of amides is 1. The third kappa shape index (κ3) is 1.46. The van der Waals surface area contributed by atoms with Gasteiger partial charge >= 0.3 is 0 Å². The number of nitrogens with one attached hydrogen (secondary N) is 2. The largest absolute Gasteiger partial charge is 0.365 e. The van der Waals surface area contributed by atoms with E-state index >= 15 is 0 Å².